The van der Waals surface area contributed by atoms with Crippen molar-refractivity contribution in [3.05, 3.63) is 71.8 Å². The highest BCUT2D eigenvalue weighted by atomic mass is 16.5. The number of Topliss-reactive ketones (excluding diaryl/α,β-unsaturated/α-hetero) is 1. The molecule has 0 spiro atoms. The number of nitrogens with zero attached hydrogens (tertiary/aromatic N) is 3. The minimum absolute atomic E-state index is 0.0573. The van der Waals surface area contributed by atoms with Gasteiger partial charge in [0.15, 0.2) is 11.6 Å². The first-order valence-corrected chi connectivity index (χ1v) is 11.0. The van der Waals surface area contributed by atoms with Crippen LogP contribution in [0.3, 0.4) is 0 Å². The van der Waals surface area contributed by atoms with Gasteiger partial charge in [0.05, 0.1) is 24.1 Å². The van der Waals surface area contributed by atoms with Crippen LogP contribution in [0.15, 0.2) is 55.0 Å². The summed E-state index contributed by atoms with van der Waals surface area (Å²) in [6, 6.07) is 11.6. The van der Waals surface area contributed by atoms with E-state index in [0.717, 1.165) is 23.1 Å². The molecule has 4 rings (SSSR count). The summed E-state index contributed by atoms with van der Waals surface area (Å²) in [4.78, 5) is 26.2. The molecule has 2 aromatic heterocycles. The molecule has 3 atom stereocenters. The van der Waals surface area contributed by atoms with E-state index in [9.17, 15) is 4.79 Å². The fourth-order valence-electron chi connectivity index (χ4n) is 4.13. The Kier molecular flexibility index (Phi) is 6.58. The zero-order chi connectivity index (χ0) is 22.7. The number of carbonyl (C=O) groups excluding carboxylic acids is 1. The van der Waals surface area contributed by atoms with Crippen LogP contribution in [0, 0.1) is 5.92 Å². The standard InChI is InChI=1S/C25H29N5O2/c1-15(2)22-11-18(26)12-23(32-22)19-8-9-28-13-17(19)10-21(31)24-25(27)29-14-20(30-24)16-6-4-3-5-7-16/h3-9,13-15,18,22-23H,10-12,26H2,1-2H3,(H2,27,29)/t18-,22-,23+/m1/s1. The van der Waals surface area contributed by atoms with Crippen LogP contribution in [0.25, 0.3) is 11.3 Å². The Balaban J connectivity index is 1.60. The molecule has 3 aromatic rings. The Morgan fingerprint density at radius 1 is 1.16 bits per heavy atom. The highest BCUT2D eigenvalue weighted by Crippen LogP contribution is 2.35. The fraction of sp³-hybridized carbons (Fsp3) is 0.360. The van der Waals surface area contributed by atoms with E-state index in [0.29, 0.717) is 18.0 Å². The first kappa shape index (κ1) is 22.0. The van der Waals surface area contributed by atoms with Crippen LogP contribution in [0.5, 0.6) is 0 Å². The van der Waals surface area contributed by atoms with Crippen LogP contribution in [-0.2, 0) is 11.2 Å². The minimum atomic E-state index is -0.206. The molecule has 0 radical (unpaired) electrons. The van der Waals surface area contributed by atoms with E-state index in [-0.39, 0.29) is 42.0 Å². The van der Waals surface area contributed by atoms with Gasteiger partial charge in [-0.2, -0.15) is 0 Å². The Labute approximate surface area is 188 Å². The summed E-state index contributed by atoms with van der Waals surface area (Å²) in [5.74, 6) is 0.282. The molecule has 0 aliphatic carbocycles. The predicted octanol–water partition coefficient (Wildman–Crippen LogP) is 3.75. The van der Waals surface area contributed by atoms with Gasteiger partial charge in [-0.15, -0.1) is 0 Å². The summed E-state index contributed by atoms with van der Waals surface area (Å²) in [7, 11) is 0. The molecule has 7 heteroatoms. The van der Waals surface area contributed by atoms with E-state index >= 15 is 0 Å². The van der Waals surface area contributed by atoms with E-state index in [2.05, 4.69) is 28.8 Å². The topological polar surface area (TPSA) is 117 Å². The number of nitrogens with two attached hydrogens (primary N) is 2. The lowest BCUT2D eigenvalue weighted by Crippen LogP contribution is -2.39. The largest absolute Gasteiger partial charge is 0.382 e. The van der Waals surface area contributed by atoms with Crippen molar-refractivity contribution in [2.24, 2.45) is 11.7 Å². The zero-order valence-corrected chi connectivity index (χ0v) is 18.4. The predicted molar refractivity (Wildman–Crippen MR) is 124 cm³/mol. The highest BCUT2D eigenvalue weighted by molar-refractivity contribution is 5.99. The molecule has 1 saturated heterocycles. The van der Waals surface area contributed by atoms with Gasteiger partial charge in [-0.05, 0) is 36.0 Å². The highest BCUT2D eigenvalue weighted by Gasteiger charge is 2.31. The minimum Gasteiger partial charge on any atom is -0.382 e. The van der Waals surface area contributed by atoms with Gasteiger partial charge < -0.3 is 16.2 Å². The van der Waals surface area contributed by atoms with Crippen molar-refractivity contribution in [1.29, 1.82) is 0 Å². The molecule has 0 unspecified atom stereocenters. The molecule has 1 aromatic carbocycles. The van der Waals surface area contributed by atoms with E-state index in [1.807, 2.05) is 36.4 Å². The smallest absolute Gasteiger partial charge is 0.189 e. The zero-order valence-electron chi connectivity index (χ0n) is 18.4. The van der Waals surface area contributed by atoms with Crippen molar-refractivity contribution in [2.75, 3.05) is 5.73 Å². The third-order valence-electron chi connectivity index (χ3n) is 5.91. The molecule has 0 saturated carbocycles. The van der Waals surface area contributed by atoms with E-state index in [4.69, 9.17) is 16.2 Å². The van der Waals surface area contributed by atoms with Crippen molar-refractivity contribution in [1.82, 2.24) is 15.0 Å². The SMILES string of the molecule is CC(C)[C@H]1C[C@@H](N)C[C@@H](c2ccncc2CC(=O)c2nc(-c3ccccc3)cnc2N)O1. The molecule has 4 N–H and O–H groups in total. The summed E-state index contributed by atoms with van der Waals surface area (Å²) < 4.78 is 6.36. The van der Waals surface area contributed by atoms with E-state index in [1.165, 1.54) is 0 Å². The summed E-state index contributed by atoms with van der Waals surface area (Å²) in [5, 5.41) is 0. The number of anilines is 1. The summed E-state index contributed by atoms with van der Waals surface area (Å²) in [6.07, 6.45) is 6.60. The second-order valence-corrected chi connectivity index (χ2v) is 8.67. The molecular formula is C25H29N5O2. The lowest BCUT2D eigenvalue weighted by molar-refractivity contribution is -0.0793. The van der Waals surface area contributed by atoms with Gasteiger partial charge in [0.25, 0.3) is 0 Å². The maximum absolute atomic E-state index is 13.2. The Bertz CT molecular complexity index is 1090. The molecular weight excluding hydrogens is 402 g/mol. The van der Waals surface area contributed by atoms with Gasteiger partial charge in [-0.1, -0.05) is 44.2 Å². The van der Waals surface area contributed by atoms with Crippen LogP contribution in [0.2, 0.25) is 0 Å². The van der Waals surface area contributed by atoms with Gasteiger partial charge >= 0.3 is 0 Å². The number of nitrogen functional groups attached to an aromatic ring is 1. The van der Waals surface area contributed by atoms with Gasteiger partial charge in [-0.25, -0.2) is 9.97 Å². The Morgan fingerprint density at radius 2 is 1.94 bits per heavy atom. The molecule has 3 heterocycles. The maximum Gasteiger partial charge on any atom is 0.189 e. The number of rotatable bonds is 6. The van der Waals surface area contributed by atoms with E-state index < -0.39 is 0 Å². The average Bonchev–Trinajstić information content (AvgIpc) is 2.80. The van der Waals surface area contributed by atoms with Crippen molar-refractivity contribution in [3.63, 3.8) is 0 Å². The van der Waals surface area contributed by atoms with Gasteiger partial charge in [0, 0.05) is 30.4 Å². The van der Waals surface area contributed by atoms with Crippen LogP contribution in [0.1, 0.15) is 54.4 Å². The first-order valence-electron chi connectivity index (χ1n) is 11.0. The fourth-order valence-corrected chi connectivity index (χ4v) is 4.13. The number of ketones is 1. The van der Waals surface area contributed by atoms with Gasteiger partial charge in [-0.3, -0.25) is 9.78 Å². The number of hydrogen-bond acceptors (Lipinski definition) is 7. The Morgan fingerprint density at radius 3 is 2.69 bits per heavy atom. The summed E-state index contributed by atoms with van der Waals surface area (Å²) >= 11 is 0. The molecule has 1 fully saturated rings. The normalized spacial score (nSPS) is 20.9. The Hall–Kier alpha value is -3.16. The van der Waals surface area contributed by atoms with Gasteiger partial charge in [0.2, 0.25) is 0 Å². The number of hydrogen-bond donors (Lipinski definition) is 2. The number of carbonyl (C=O) groups is 1. The lowest BCUT2D eigenvalue weighted by atomic mass is 9.88. The summed E-state index contributed by atoms with van der Waals surface area (Å²) in [6.45, 7) is 4.27. The average molecular weight is 432 g/mol. The van der Waals surface area contributed by atoms with Crippen molar-refractivity contribution in [3.8, 4) is 11.3 Å². The molecule has 1 aliphatic rings. The second-order valence-electron chi connectivity index (χ2n) is 8.67. The third-order valence-corrected chi connectivity index (χ3v) is 5.91. The molecule has 7 nitrogen and oxygen atoms in total. The van der Waals surface area contributed by atoms with Crippen molar-refractivity contribution < 1.29 is 9.53 Å². The number of benzene rings is 1. The van der Waals surface area contributed by atoms with Crippen LogP contribution in [-0.4, -0.2) is 32.9 Å². The van der Waals surface area contributed by atoms with Gasteiger partial charge in [0.1, 0.15) is 5.69 Å². The number of pyridine rings is 1. The second kappa shape index (κ2) is 9.54. The first-order chi connectivity index (χ1) is 15.4. The maximum atomic E-state index is 13.2. The third kappa shape index (κ3) is 4.84. The van der Waals surface area contributed by atoms with Crippen LogP contribution in [0.4, 0.5) is 5.82 Å². The summed E-state index contributed by atoms with van der Waals surface area (Å²) in [5.41, 5.74) is 15.7. The van der Waals surface area contributed by atoms with Crippen molar-refractivity contribution in [2.45, 2.75) is 51.4 Å². The molecule has 0 bridgehead atoms. The molecule has 32 heavy (non-hydrogen) atoms. The molecule has 1 aliphatic heterocycles. The lowest BCUT2D eigenvalue weighted by Gasteiger charge is -2.36. The molecule has 166 valence electrons. The van der Waals surface area contributed by atoms with E-state index in [1.54, 1.807) is 18.6 Å². The monoisotopic (exact) mass is 431 g/mol. The molecule has 0 amide bonds. The van der Waals surface area contributed by atoms with Crippen molar-refractivity contribution >= 4 is 11.6 Å². The number of aromatic nitrogens is 3. The van der Waals surface area contributed by atoms with Crippen LogP contribution < -0.4 is 11.5 Å². The number of ether oxygens (including phenoxy) is 1. The van der Waals surface area contributed by atoms with Crippen LogP contribution >= 0.6 is 0 Å². The quantitative estimate of drug-likeness (QED) is 0.571.